The van der Waals surface area contributed by atoms with Gasteiger partial charge in [0.2, 0.25) is 15.9 Å². The molecule has 0 aliphatic carbocycles. The minimum Gasteiger partial charge on any atom is -0.484 e. The van der Waals surface area contributed by atoms with Gasteiger partial charge in [-0.2, -0.15) is 4.72 Å². The van der Waals surface area contributed by atoms with E-state index in [0.717, 1.165) is 5.56 Å². The molecule has 0 bridgehead atoms. The van der Waals surface area contributed by atoms with Gasteiger partial charge in [-0.3, -0.25) is 9.59 Å². The maximum atomic E-state index is 13.1. The van der Waals surface area contributed by atoms with E-state index in [1.54, 1.807) is 47.4 Å². The van der Waals surface area contributed by atoms with Crippen molar-refractivity contribution in [1.82, 2.24) is 9.62 Å². The Morgan fingerprint density at radius 3 is 2.45 bits per heavy atom. The average Bonchev–Trinajstić information content (AvgIpc) is 3.15. The summed E-state index contributed by atoms with van der Waals surface area (Å²) in [4.78, 5) is 27.4. The van der Waals surface area contributed by atoms with Gasteiger partial charge in [-0.1, -0.05) is 45.0 Å². The second kappa shape index (κ2) is 8.25. The van der Waals surface area contributed by atoms with Crippen LogP contribution in [0.4, 0.5) is 0 Å². The van der Waals surface area contributed by atoms with Crippen LogP contribution in [-0.2, 0) is 20.2 Å². The molecule has 1 spiro atoms. The summed E-state index contributed by atoms with van der Waals surface area (Å²) in [6.45, 7) is 8.36. The van der Waals surface area contributed by atoms with Crippen molar-refractivity contribution in [3.05, 3.63) is 59.7 Å². The molecule has 2 heterocycles. The van der Waals surface area contributed by atoms with E-state index in [1.807, 2.05) is 6.07 Å². The number of amides is 1. The molecule has 1 N–H and O–H groups in total. The number of nitrogens with zero attached hydrogens (tertiary/aromatic N) is 1. The van der Waals surface area contributed by atoms with Crippen LogP contribution in [0.25, 0.3) is 0 Å². The third kappa shape index (κ3) is 4.68. The standard InChI is InChI=1S/C25H30N2O5S/c1-17(26-33(30,31)19-11-9-18(10-12-19)24(2,3)4)23(29)27-14-13-25(16-27)15-21(28)20-7-5-6-8-22(20)32-25/h5-12,17,26H,13-16H2,1-4H3. The molecule has 0 saturated carbocycles. The summed E-state index contributed by atoms with van der Waals surface area (Å²) < 4.78 is 34.4. The zero-order chi connectivity index (χ0) is 24.0. The lowest BCUT2D eigenvalue weighted by molar-refractivity contribution is -0.132. The van der Waals surface area contributed by atoms with E-state index >= 15 is 0 Å². The second-order valence-corrected chi connectivity index (χ2v) is 11.7. The van der Waals surface area contributed by atoms with E-state index < -0.39 is 21.7 Å². The van der Waals surface area contributed by atoms with Crippen LogP contribution in [0.2, 0.25) is 0 Å². The normalized spacial score (nSPS) is 21.6. The van der Waals surface area contributed by atoms with E-state index in [2.05, 4.69) is 25.5 Å². The molecule has 176 valence electrons. The Balaban J connectivity index is 1.43. The van der Waals surface area contributed by atoms with Gasteiger partial charge in [0.15, 0.2) is 5.78 Å². The van der Waals surface area contributed by atoms with Gasteiger partial charge in [0.05, 0.1) is 29.5 Å². The highest BCUT2D eigenvalue weighted by atomic mass is 32.2. The minimum atomic E-state index is -3.86. The SMILES string of the molecule is CC(NS(=O)(=O)c1ccc(C(C)(C)C)cc1)C(=O)N1CCC2(CC(=O)c3ccccc3O2)C1. The number of hydrogen-bond acceptors (Lipinski definition) is 5. The van der Waals surface area contributed by atoms with Crippen molar-refractivity contribution in [3.63, 3.8) is 0 Å². The maximum absolute atomic E-state index is 13.1. The largest absolute Gasteiger partial charge is 0.484 e. The van der Waals surface area contributed by atoms with Gasteiger partial charge < -0.3 is 9.64 Å². The van der Waals surface area contributed by atoms with Crippen LogP contribution >= 0.6 is 0 Å². The molecule has 2 aromatic carbocycles. The summed E-state index contributed by atoms with van der Waals surface area (Å²) in [6.07, 6.45) is 0.723. The molecule has 2 aliphatic heterocycles. The van der Waals surface area contributed by atoms with Crippen molar-refractivity contribution < 1.29 is 22.7 Å². The molecule has 0 aromatic heterocycles. The number of Topliss-reactive ketones (excluding diaryl/α,β-unsaturated/α-hetero) is 1. The van der Waals surface area contributed by atoms with Crippen LogP contribution in [0.3, 0.4) is 0 Å². The number of ether oxygens (including phenoxy) is 1. The fourth-order valence-corrected chi connectivity index (χ4v) is 5.66. The average molecular weight is 471 g/mol. The van der Waals surface area contributed by atoms with E-state index in [4.69, 9.17) is 4.74 Å². The zero-order valence-electron chi connectivity index (χ0n) is 19.4. The highest BCUT2D eigenvalue weighted by Gasteiger charge is 2.47. The Morgan fingerprint density at radius 2 is 1.79 bits per heavy atom. The number of carbonyl (C=O) groups excluding carboxylic acids is 2. The van der Waals surface area contributed by atoms with Gasteiger partial charge in [-0.05, 0) is 42.2 Å². The first-order valence-electron chi connectivity index (χ1n) is 11.1. The Kier molecular flexibility index (Phi) is 5.87. The fraction of sp³-hybridized carbons (Fsp3) is 0.440. The van der Waals surface area contributed by atoms with Crippen LogP contribution in [0, 0.1) is 0 Å². The fourth-order valence-electron chi connectivity index (χ4n) is 4.46. The second-order valence-electron chi connectivity index (χ2n) is 10.0. The summed E-state index contributed by atoms with van der Waals surface area (Å²) in [5.74, 6) is 0.200. The van der Waals surface area contributed by atoms with E-state index in [0.29, 0.717) is 24.3 Å². The zero-order valence-corrected chi connectivity index (χ0v) is 20.2. The highest BCUT2D eigenvalue weighted by molar-refractivity contribution is 7.89. The molecule has 8 heteroatoms. The van der Waals surface area contributed by atoms with Gasteiger partial charge in [-0.25, -0.2) is 8.42 Å². The molecule has 2 atom stereocenters. The Morgan fingerprint density at radius 1 is 1.12 bits per heavy atom. The molecule has 0 radical (unpaired) electrons. The van der Waals surface area contributed by atoms with Gasteiger partial charge in [0.25, 0.3) is 0 Å². The van der Waals surface area contributed by atoms with Crippen LogP contribution in [-0.4, -0.2) is 49.7 Å². The smallest absolute Gasteiger partial charge is 0.241 e. The number of ketones is 1. The molecule has 2 unspecified atom stereocenters. The van der Waals surface area contributed by atoms with Crippen molar-refractivity contribution in [3.8, 4) is 5.75 Å². The molecule has 1 amide bonds. The molecule has 2 aliphatic rings. The number of nitrogens with one attached hydrogen (secondary N) is 1. The maximum Gasteiger partial charge on any atom is 0.241 e. The van der Waals surface area contributed by atoms with Crippen molar-refractivity contribution in [1.29, 1.82) is 0 Å². The number of para-hydroxylation sites is 1. The van der Waals surface area contributed by atoms with Gasteiger partial charge in [-0.15, -0.1) is 0 Å². The molecule has 7 nitrogen and oxygen atoms in total. The summed E-state index contributed by atoms with van der Waals surface area (Å²) in [6, 6.07) is 12.9. The number of carbonyl (C=O) groups is 2. The highest BCUT2D eigenvalue weighted by Crippen LogP contribution is 2.38. The predicted octanol–water partition coefficient (Wildman–Crippen LogP) is 3.29. The topological polar surface area (TPSA) is 92.8 Å². The lowest BCUT2D eigenvalue weighted by Crippen LogP contribution is -2.49. The summed E-state index contributed by atoms with van der Waals surface area (Å²) >= 11 is 0. The molecule has 2 aromatic rings. The van der Waals surface area contributed by atoms with Crippen LogP contribution < -0.4 is 9.46 Å². The Hall–Kier alpha value is -2.71. The quantitative estimate of drug-likeness (QED) is 0.740. The minimum absolute atomic E-state index is 0.00129. The number of sulfonamides is 1. The molecule has 1 saturated heterocycles. The Bertz CT molecular complexity index is 1180. The first-order chi connectivity index (χ1) is 15.4. The number of hydrogen-bond donors (Lipinski definition) is 1. The summed E-state index contributed by atoms with van der Waals surface area (Å²) in [7, 11) is -3.86. The molecule has 4 rings (SSSR count). The van der Waals surface area contributed by atoms with Crippen molar-refractivity contribution in [2.24, 2.45) is 0 Å². The number of rotatable bonds is 4. The Labute approximate surface area is 195 Å². The third-order valence-electron chi connectivity index (χ3n) is 6.36. The van der Waals surface area contributed by atoms with Crippen LogP contribution in [0.15, 0.2) is 53.4 Å². The lowest BCUT2D eigenvalue weighted by Gasteiger charge is -2.34. The molecule has 1 fully saturated rings. The number of fused-ring (bicyclic) bond motifs is 1. The molecule has 33 heavy (non-hydrogen) atoms. The molecular weight excluding hydrogens is 440 g/mol. The number of likely N-dealkylation sites (tertiary alicyclic amines) is 1. The van der Waals surface area contributed by atoms with E-state index in [-0.39, 0.29) is 35.0 Å². The first kappa shape index (κ1) is 23.4. The van der Waals surface area contributed by atoms with Gasteiger partial charge in [0.1, 0.15) is 11.4 Å². The van der Waals surface area contributed by atoms with E-state index in [1.165, 1.54) is 6.92 Å². The van der Waals surface area contributed by atoms with Gasteiger partial charge >= 0.3 is 0 Å². The van der Waals surface area contributed by atoms with Crippen molar-refractivity contribution in [2.75, 3.05) is 13.1 Å². The number of benzene rings is 2. The van der Waals surface area contributed by atoms with Crippen LogP contribution in [0.1, 0.15) is 56.5 Å². The van der Waals surface area contributed by atoms with Crippen LogP contribution in [0.5, 0.6) is 5.75 Å². The van der Waals surface area contributed by atoms with Crippen molar-refractivity contribution >= 4 is 21.7 Å². The van der Waals surface area contributed by atoms with E-state index in [9.17, 15) is 18.0 Å². The predicted molar refractivity (Wildman–Crippen MR) is 125 cm³/mol. The monoisotopic (exact) mass is 470 g/mol. The summed E-state index contributed by atoms with van der Waals surface area (Å²) in [5.41, 5.74) is 0.735. The molecular formula is C25H30N2O5S. The first-order valence-corrected chi connectivity index (χ1v) is 12.6. The van der Waals surface area contributed by atoms with Crippen molar-refractivity contribution in [2.45, 2.75) is 62.5 Å². The van der Waals surface area contributed by atoms with Gasteiger partial charge in [0, 0.05) is 13.0 Å². The lowest BCUT2D eigenvalue weighted by atomic mass is 9.87. The third-order valence-corrected chi connectivity index (χ3v) is 7.91. The summed E-state index contributed by atoms with van der Waals surface area (Å²) in [5, 5.41) is 0.